The summed E-state index contributed by atoms with van der Waals surface area (Å²) in [6.45, 7) is 0. The zero-order chi connectivity index (χ0) is 16.9. The third-order valence-electron chi connectivity index (χ3n) is 3.07. The molecule has 0 aliphatic carbocycles. The summed E-state index contributed by atoms with van der Waals surface area (Å²) in [7, 11) is 0. The van der Waals surface area contributed by atoms with Crippen LogP contribution in [0.1, 0.15) is 15.9 Å². The number of amides is 1. The van der Waals surface area contributed by atoms with Crippen molar-refractivity contribution < 1.29 is 4.79 Å². The molecule has 120 valence electrons. The average Bonchev–Trinajstić information content (AvgIpc) is 3.06. The van der Waals surface area contributed by atoms with Crippen LogP contribution >= 0.6 is 23.2 Å². The Bertz CT molecular complexity index is 893. The third-order valence-corrected chi connectivity index (χ3v) is 3.61. The van der Waals surface area contributed by atoms with E-state index in [1.54, 1.807) is 30.5 Å². The van der Waals surface area contributed by atoms with Crippen molar-refractivity contribution >= 4 is 41.0 Å². The minimum absolute atomic E-state index is 0.297. The van der Waals surface area contributed by atoms with Gasteiger partial charge in [-0.25, -0.2) is 4.68 Å². The van der Waals surface area contributed by atoms with E-state index in [9.17, 15) is 4.79 Å². The van der Waals surface area contributed by atoms with Gasteiger partial charge in [0, 0.05) is 10.7 Å². The summed E-state index contributed by atoms with van der Waals surface area (Å²) in [5.41, 5.74) is 1.78. The average molecular weight is 360 g/mol. The van der Waals surface area contributed by atoms with Gasteiger partial charge >= 0.3 is 0 Å². The van der Waals surface area contributed by atoms with E-state index in [-0.39, 0.29) is 5.91 Å². The van der Waals surface area contributed by atoms with Crippen LogP contribution in [-0.4, -0.2) is 27.0 Å². The van der Waals surface area contributed by atoms with Crippen LogP contribution in [0.15, 0.2) is 60.2 Å². The maximum Gasteiger partial charge on any atom is 0.257 e. The molecule has 24 heavy (non-hydrogen) atoms. The monoisotopic (exact) mass is 359 g/mol. The molecule has 0 unspecified atom stereocenters. The minimum atomic E-state index is -0.315. The second kappa shape index (κ2) is 7.25. The fourth-order valence-electron chi connectivity index (χ4n) is 1.96. The van der Waals surface area contributed by atoms with Crippen molar-refractivity contribution in [2.45, 2.75) is 0 Å². The summed E-state index contributed by atoms with van der Waals surface area (Å²) >= 11 is 11.9. The zero-order valence-electron chi connectivity index (χ0n) is 12.2. The zero-order valence-corrected chi connectivity index (χ0v) is 13.7. The highest BCUT2D eigenvalue weighted by Crippen LogP contribution is 2.22. The van der Waals surface area contributed by atoms with E-state index in [2.05, 4.69) is 20.6 Å². The Hall–Kier alpha value is -2.70. The van der Waals surface area contributed by atoms with Crippen LogP contribution in [0.2, 0.25) is 10.0 Å². The highest BCUT2D eigenvalue weighted by atomic mass is 35.5. The number of nitrogens with one attached hydrogen (secondary N) is 1. The topological polar surface area (TPSA) is 72.2 Å². The van der Waals surface area contributed by atoms with Crippen molar-refractivity contribution in [2.75, 3.05) is 5.32 Å². The summed E-state index contributed by atoms with van der Waals surface area (Å²) in [6, 6.07) is 12.0. The van der Waals surface area contributed by atoms with Crippen LogP contribution in [0.3, 0.4) is 0 Å². The summed E-state index contributed by atoms with van der Waals surface area (Å²) in [5.74, 6) is -0.315. The van der Waals surface area contributed by atoms with E-state index in [0.717, 1.165) is 5.56 Å². The van der Waals surface area contributed by atoms with Gasteiger partial charge in [0.15, 0.2) is 0 Å². The molecule has 8 heteroatoms. The Kier molecular flexibility index (Phi) is 4.88. The number of aromatic nitrogens is 3. The van der Waals surface area contributed by atoms with Crippen LogP contribution < -0.4 is 5.32 Å². The molecule has 0 saturated heterocycles. The number of hydrogen-bond donors (Lipinski definition) is 1. The van der Waals surface area contributed by atoms with Gasteiger partial charge in [0.05, 0.1) is 16.8 Å². The summed E-state index contributed by atoms with van der Waals surface area (Å²) in [6.07, 6.45) is 4.59. The minimum Gasteiger partial charge on any atom is -0.322 e. The van der Waals surface area contributed by atoms with Crippen molar-refractivity contribution in [3.8, 4) is 0 Å². The number of carbonyl (C=O) groups is 1. The van der Waals surface area contributed by atoms with Crippen LogP contribution in [0.5, 0.6) is 0 Å². The fraction of sp³-hybridized carbons (Fsp3) is 0. The molecule has 3 rings (SSSR count). The maximum atomic E-state index is 12.3. The number of rotatable bonds is 4. The molecule has 0 aliphatic rings. The molecule has 0 bridgehead atoms. The smallest absolute Gasteiger partial charge is 0.257 e. The van der Waals surface area contributed by atoms with Crippen LogP contribution in [0.25, 0.3) is 0 Å². The van der Waals surface area contributed by atoms with Gasteiger partial charge in [-0.15, -0.1) is 10.2 Å². The van der Waals surface area contributed by atoms with Crippen molar-refractivity contribution in [3.63, 3.8) is 0 Å². The van der Waals surface area contributed by atoms with Gasteiger partial charge in [-0.05, 0) is 35.9 Å². The molecule has 3 aromatic rings. The Morgan fingerprint density at radius 3 is 2.67 bits per heavy atom. The fourth-order valence-corrected chi connectivity index (χ4v) is 2.45. The van der Waals surface area contributed by atoms with E-state index in [4.69, 9.17) is 23.2 Å². The van der Waals surface area contributed by atoms with Crippen molar-refractivity contribution in [1.82, 2.24) is 14.9 Å². The molecule has 0 aliphatic heterocycles. The van der Waals surface area contributed by atoms with Crippen molar-refractivity contribution in [3.05, 3.63) is 76.3 Å². The van der Waals surface area contributed by atoms with Gasteiger partial charge in [-0.1, -0.05) is 35.3 Å². The molecular formula is C16H11Cl2N5O. The molecular weight excluding hydrogens is 349 g/mol. The Morgan fingerprint density at radius 1 is 1.12 bits per heavy atom. The molecule has 0 atom stereocenters. The second-order valence-electron chi connectivity index (χ2n) is 4.79. The predicted octanol–water partition coefficient (Wildman–Crippen LogP) is 3.72. The normalized spacial score (nSPS) is 10.9. The lowest BCUT2D eigenvalue weighted by molar-refractivity contribution is 0.102. The Balaban J connectivity index is 1.75. The molecule has 2 aromatic carbocycles. The quantitative estimate of drug-likeness (QED) is 0.721. The Morgan fingerprint density at radius 2 is 1.92 bits per heavy atom. The summed E-state index contributed by atoms with van der Waals surface area (Å²) < 4.78 is 1.47. The third kappa shape index (κ3) is 3.98. The highest BCUT2D eigenvalue weighted by molar-refractivity contribution is 6.37. The lowest BCUT2D eigenvalue weighted by Crippen LogP contribution is -2.12. The van der Waals surface area contributed by atoms with E-state index < -0.39 is 0 Å². The van der Waals surface area contributed by atoms with Gasteiger partial charge < -0.3 is 5.32 Å². The number of anilines is 1. The van der Waals surface area contributed by atoms with Crippen molar-refractivity contribution in [1.29, 1.82) is 0 Å². The molecule has 1 heterocycles. The number of benzene rings is 2. The first kappa shape index (κ1) is 16.2. The lowest BCUT2D eigenvalue weighted by atomic mass is 10.2. The van der Waals surface area contributed by atoms with Gasteiger partial charge in [0.25, 0.3) is 5.91 Å². The predicted molar refractivity (Wildman–Crippen MR) is 93.9 cm³/mol. The number of halogens is 2. The highest BCUT2D eigenvalue weighted by Gasteiger charge is 2.11. The number of hydrogen-bond acceptors (Lipinski definition) is 4. The van der Waals surface area contributed by atoms with Crippen LogP contribution in [-0.2, 0) is 0 Å². The molecule has 0 spiro atoms. The van der Waals surface area contributed by atoms with Crippen LogP contribution in [0.4, 0.5) is 5.69 Å². The lowest BCUT2D eigenvalue weighted by Gasteiger charge is -2.07. The van der Waals surface area contributed by atoms with E-state index >= 15 is 0 Å². The molecule has 1 aromatic heterocycles. The van der Waals surface area contributed by atoms with Gasteiger partial charge in [0.1, 0.15) is 12.7 Å². The largest absolute Gasteiger partial charge is 0.322 e. The summed E-state index contributed by atoms with van der Waals surface area (Å²) in [4.78, 5) is 12.3. The first-order valence-corrected chi connectivity index (χ1v) is 7.63. The molecule has 6 nitrogen and oxygen atoms in total. The summed E-state index contributed by atoms with van der Waals surface area (Å²) in [5, 5.41) is 15.0. The molecule has 1 N–H and O–H groups in total. The van der Waals surface area contributed by atoms with Crippen molar-refractivity contribution in [2.24, 2.45) is 5.10 Å². The van der Waals surface area contributed by atoms with E-state index in [0.29, 0.717) is 21.3 Å². The second-order valence-corrected chi connectivity index (χ2v) is 5.63. The van der Waals surface area contributed by atoms with Gasteiger partial charge in [-0.2, -0.15) is 5.10 Å². The SMILES string of the molecule is O=C(Nc1cccc(/C=N\n2cnnc2)c1)c1ccc(Cl)cc1Cl. The first-order chi connectivity index (χ1) is 11.6. The van der Waals surface area contributed by atoms with E-state index in [1.165, 1.54) is 23.4 Å². The van der Waals surface area contributed by atoms with Gasteiger partial charge in [0.2, 0.25) is 0 Å². The number of carbonyl (C=O) groups excluding carboxylic acids is 1. The van der Waals surface area contributed by atoms with Crippen LogP contribution in [0, 0.1) is 0 Å². The van der Waals surface area contributed by atoms with E-state index in [1.807, 2.05) is 12.1 Å². The standard InChI is InChI=1S/C16H11Cl2N5O/c17-12-4-5-14(15(18)7-12)16(24)22-13-3-1-2-11(6-13)8-21-23-9-19-20-10-23/h1-10H,(H,22,24)/b21-8-. The van der Waals surface area contributed by atoms with Gasteiger partial charge in [-0.3, -0.25) is 4.79 Å². The molecule has 1 amide bonds. The molecule has 0 radical (unpaired) electrons. The Labute approximate surface area is 147 Å². The number of nitrogens with zero attached hydrogens (tertiary/aromatic N) is 4. The first-order valence-electron chi connectivity index (χ1n) is 6.87. The maximum absolute atomic E-state index is 12.3. The molecule has 0 saturated carbocycles. The molecule has 0 fully saturated rings.